The van der Waals surface area contributed by atoms with E-state index in [1.54, 1.807) is 0 Å². The molecule has 0 aromatic rings. The molecule has 0 saturated carbocycles. The molecule has 0 N–H and O–H groups in total. The second-order valence-electron chi connectivity index (χ2n) is 5.69. The van der Waals surface area contributed by atoms with Crippen LogP contribution in [0.3, 0.4) is 0 Å². The molecule has 0 aliphatic carbocycles. The third kappa shape index (κ3) is 9.59. The van der Waals surface area contributed by atoms with Crippen molar-refractivity contribution in [1.29, 1.82) is 0 Å². The van der Waals surface area contributed by atoms with Gasteiger partial charge in [0.25, 0.3) is 0 Å². The maximum absolute atomic E-state index is 5.83. The van der Waals surface area contributed by atoms with Crippen LogP contribution in [0.25, 0.3) is 0 Å². The molecular weight excluding hydrogens is 312 g/mol. The van der Waals surface area contributed by atoms with E-state index in [1.165, 1.54) is 0 Å². The summed E-state index contributed by atoms with van der Waals surface area (Å²) >= 11 is 0. The summed E-state index contributed by atoms with van der Waals surface area (Å²) in [5.74, 6) is 0. The van der Waals surface area contributed by atoms with Crippen LogP contribution in [-0.2, 0) is 22.8 Å². The Kier molecular flexibility index (Phi) is 11.0. The molecule has 1 rings (SSSR count). The molecule has 23 heavy (non-hydrogen) atoms. The van der Waals surface area contributed by atoms with E-state index in [0.29, 0.717) is 32.0 Å². The third-order valence-electron chi connectivity index (χ3n) is 3.58. The van der Waals surface area contributed by atoms with Crippen LogP contribution in [0.5, 0.6) is 0 Å². The molecule has 0 aromatic heterocycles. The fraction of sp³-hybridized carbons (Fsp3) is 0.882. The third-order valence-corrected chi connectivity index (χ3v) is 6.50. The highest BCUT2D eigenvalue weighted by molar-refractivity contribution is 6.61. The molecule has 0 radical (unpaired) electrons. The summed E-state index contributed by atoms with van der Waals surface area (Å²) in [6, 6.07) is 0.744. The summed E-state index contributed by atoms with van der Waals surface area (Å²) in [5.41, 5.74) is 0. The van der Waals surface area contributed by atoms with Gasteiger partial charge in [-0.15, -0.1) is 0 Å². The van der Waals surface area contributed by atoms with Gasteiger partial charge in [0.05, 0.1) is 19.3 Å². The molecule has 2 atom stereocenters. The number of hydrogen-bond donors (Lipinski definition) is 0. The minimum absolute atomic E-state index is 0.302. The van der Waals surface area contributed by atoms with Gasteiger partial charge in [-0.05, 0) is 47.0 Å². The molecule has 0 amide bonds. The number of ether oxygens (including phenoxy) is 2. The van der Waals surface area contributed by atoms with Crippen molar-refractivity contribution in [2.75, 3.05) is 33.0 Å². The van der Waals surface area contributed by atoms with E-state index in [-0.39, 0.29) is 0 Å². The van der Waals surface area contributed by atoms with Gasteiger partial charge in [0.15, 0.2) is 0 Å². The van der Waals surface area contributed by atoms with Crippen LogP contribution < -0.4 is 0 Å². The van der Waals surface area contributed by atoms with Crippen molar-refractivity contribution in [3.8, 4) is 0 Å². The highest BCUT2D eigenvalue weighted by Gasteiger charge is 2.38. The van der Waals surface area contributed by atoms with Gasteiger partial charge in [-0.25, -0.2) is 0 Å². The molecule has 1 aliphatic heterocycles. The van der Waals surface area contributed by atoms with E-state index in [1.807, 2.05) is 20.8 Å². The van der Waals surface area contributed by atoms with Gasteiger partial charge in [-0.2, -0.15) is 0 Å². The minimum Gasteiger partial charge on any atom is -0.376 e. The van der Waals surface area contributed by atoms with Gasteiger partial charge in [-0.3, -0.25) is 0 Å². The van der Waals surface area contributed by atoms with E-state index in [9.17, 15) is 0 Å². The molecule has 5 nitrogen and oxygen atoms in total. The Hall–Kier alpha value is -0.243. The van der Waals surface area contributed by atoms with Crippen molar-refractivity contribution in [3.05, 3.63) is 12.2 Å². The Morgan fingerprint density at radius 2 is 1.70 bits per heavy atom. The Morgan fingerprint density at radius 1 is 1.09 bits per heavy atom. The number of allylic oxidation sites excluding steroid dienone is 2. The number of epoxide rings is 1. The summed E-state index contributed by atoms with van der Waals surface area (Å²) < 4.78 is 28.3. The quantitative estimate of drug-likeness (QED) is 0.196. The molecule has 0 spiro atoms. The average molecular weight is 347 g/mol. The van der Waals surface area contributed by atoms with Crippen molar-refractivity contribution in [1.82, 2.24) is 0 Å². The number of rotatable bonds is 15. The summed E-state index contributed by atoms with van der Waals surface area (Å²) in [7, 11) is -2.52. The summed E-state index contributed by atoms with van der Waals surface area (Å²) in [6.07, 6.45) is 8.24. The lowest BCUT2D eigenvalue weighted by Gasteiger charge is -2.27. The summed E-state index contributed by atoms with van der Waals surface area (Å²) in [6.45, 7) is 11.6. The molecule has 6 heteroatoms. The van der Waals surface area contributed by atoms with Crippen LogP contribution in [0.4, 0.5) is 0 Å². The van der Waals surface area contributed by atoms with Gasteiger partial charge in [-0.1, -0.05) is 12.2 Å². The Balaban J connectivity index is 2.19. The molecule has 2 unspecified atom stereocenters. The standard InChI is InChI=1S/C17H34O5Si/c1-5-20-23(21-6-2,22-7-3)13-11-9-8-10-12-16(4)18-14-17-15-19-17/h9,11,16-17H,5-8,10,12-15H2,1-4H3. The first-order valence-electron chi connectivity index (χ1n) is 8.95. The second-order valence-corrected chi connectivity index (χ2v) is 8.33. The number of hydrogen-bond acceptors (Lipinski definition) is 5. The van der Waals surface area contributed by atoms with Crippen LogP contribution in [0.15, 0.2) is 12.2 Å². The summed E-state index contributed by atoms with van der Waals surface area (Å²) in [4.78, 5) is 0. The van der Waals surface area contributed by atoms with Gasteiger partial charge in [0.2, 0.25) is 0 Å². The summed E-state index contributed by atoms with van der Waals surface area (Å²) in [5, 5.41) is 0. The first kappa shape index (κ1) is 20.8. The van der Waals surface area contributed by atoms with Crippen LogP contribution in [-0.4, -0.2) is 54.0 Å². The lowest BCUT2D eigenvalue weighted by molar-refractivity contribution is 0.0482. The Morgan fingerprint density at radius 3 is 2.22 bits per heavy atom. The minimum atomic E-state index is -2.52. The predicted molar refractivity (Wildman–Crippen MR) is 93.6 cm³/mol. The van der Waals surface area contributed by atoms with Gasteiger partial charge >= 0.3 is 8.80 Å². The lowest BCUT2D eigenvalue weighted by atomic mass is 10.1. The van der Waals surface area contributed by atoms with Crippen molar-refractivity contribution < 1.29 is 22.8 Å². The van der Waals surface area contributed by atoms with Crippen molar-refractivity contribution in [3.63, 3.8) is 0 Å². The number of unbranched alkanes of at least 4 members (excludes halogenated alkanes) is 1. The first-order chi connectivity index (χ1) is 11.2. The highest BCUT2D eigenvalue weighted by atomic mass is 28.4. The highest BCUT2D eigenvalue weighted by Crippen LogP contribution is 2.17. The fourth-order valence-corrected chi connectivity index (χ4v) is 4.73. The van der Waals surface area contributed by atoms with E-state index < -0.39 is 8.80 Å². The van der Waals surface area contributed by atoms with Crippen LogP contribution >= 0.6 is 0 Å². The zero-order valence-electron chi connectivity index (χ0n) is 15.2. The van der Waals surface area contributed by atoms with Crippen LogP contribution in [0, 0.1) is 0 Å². The lowest BCUT2D eigenvalue weighted by Crippen LogP contribution is -2.45. The van der Waals surface area contributed by atoms with Crippen molar-refractivity contribution in [2.24, 2.45) is 0 Å². The zero-order valence-corrected chi connectivity index (χ0v) is 16.2. The van der Waals surface area contributed by atoms with Gasteiger partial charge < -0.3 is 22.8 Å². The molecule has 1 saturated heterocycles. The van der Waals surface area contributed by atoms with E-state index in [4.69, 9.17) is 22.8 Å². The topological polar surface area (TPSA) is 49.5 Å². The largest absolute Gasteiger partial charge is 0.504 e. The molecule has 1 heterocycles. The molecule has 0 bridgehead atoms. The smallest absolute Gasteiger partial charge is 0.376 e. The fourth-order valence-electron chi connectivity index (χ4n) is 2.35. The van der Waals surface area contributed by atoms with E-state index >= 15 is 0 Å². The van der Waals surface area contributed by atoms with Gasteiger partial charge in [0, 0.05) is 25.9 Å². The van der Waals surface area contributed by atoms with E-state index in [0.717, 1.165) is 38.5 Å². The average Bonchev–Trinajstić information content (AvgIpc) is 3.34. The van der Waals surface area contributed by atoms with Crippen LogP contribution in [0.1, 0.15) is 47.0 Å². The van der Waals surface area contributed by atoms with Crippen LogP contribution in [0.2, 0.25) is 6.04 Å². The maximum atomic E-state index is 5.83. The molecule has 0 aromatic carbocycles. The first-order valence-corrected chi connectivity index (χ1v) is 10.9. The molecule has 1 fully saturated rings. The SMILES string of the molecule is CCO[Si](CC=CCCCC(C)OCC1CO1)(OCC)OCC. The van der Waals surface area contributed by atoms with Crippen molar-refractivity contribution >= 4 is 8.80 Å². The Bertz CT molecular complexity index is 303. The maximum Gasteiger partial charge on any atom is 0.504 e. The second kappa shape index (κ2) is 12.2. The van der Waals surface area contributed by atoms with E-state index in [2.05, 4.69) is 19.1 Å². The predicted octanol–water partition coefficient (Wildman–Crippen LogP) is 3.57. The van der Waals surface area contributed by atoms with Gasteiger partial charge in [0.1, 0.15) is 6.10 Å². The zero-order chi connectivity index (χ0) is 17.0. The molecule has 1 aliphatic rings. The monoisotopic (exact) mass is 346 g/mol. The normalized spacial score (nSPS) is 19.4. The molecular formula is C17H34O5Si. The Labute approximate surface area is 142 Å². The van der Waals surface area contributed by atoms with Crippen molar-refractivity contribution in [2.45, 2.75) is 65.2 Å². The molecule has 136 valence electrons.